The summed E-state index contributed by atoms with van der Waals surface area (Å²) in [6, 6.07) is 2.09. The van der Waals surface area contributed by atoms with Gasteiger partial charge in [0.1, 0.15) is 0 Å². The van der Waals surface area contributed by atoms with E-state index in [2.05, 4.69) is 26.3 Å². The smallest absolute Gasteiger partial charge is 0.305 e. The number of ether oxygens (including phenoxy) is 2. The molecule has 1 aliphatic heterocycles. The van der Waals surface area contributed by atoms with Crippen LogP contribution in [0.25, 0.3) is 10.2 Å². The number of hydrogen-bond acceptors (Lipinski definition) is 8. The number of carbonyl (C=O) groups excluding carboxylic acids is 1. The molecule has 1 fully saturated rings. The third kappa shape index (κ3) is 6.01. The van der Waals surface area contributed by atoms with Crippen LogP contribution in [-0.2, 0) is 20.8 Å². The highest BCUT2D eigenvalue weighted by molar-refractivity contribution is 7.19. The molecule has 0 saturated carbocycles. The van der Waals surface area contributed by atoms with Crippen molar-refractivity contribution in [3.8, 4) is 0 Å². The van der Waals surface area contributed by atoms with Gasteiger partial charge in [-0.1, -0.05) is 6.42 Å². The number of nitrogens with one attached hydrogen (secondary N) is 1. The zero-order chi connectivity index (χ0) is 19.8. The molecule has 0 aromatic carbocycles. The SMILES string of the molecule is CCOC(=O)CCCCCNCc1cc2nc(Cl)nc(N3CCOCC3)c2s1. The van der Waals surface area contributed by atoms with Crippen molar-refractivity contribution in [2.75, 3.05) is 44.4 Å². The number of nitrogens with zero attached hydrogens (tertiary/aromatic N) is 3. The average molecular weight is 427 g/mol. The van der Waals surface area contributed by atoms with Crippen LogP contribution in [0.2, 0.25) is 5.28 Å². The Bertz CT molecular complexity index is 780. The predicted octanol–water partition coefficient (Wildman–Crippen LogP) is 3.39. The number of hydrogen-bond donors (Lipinski definition) is 1. The van der Waals surface area contributed by atoms with Gasteiger partial charge in [0.2, 0.25) is 5.28 Å². The third-order valence-electron chi connectivity index (χ3n) is 4.53. The summed E-state index contributed by atoms with van der Waals surface area (Å²) in [6.07, 6.45) is 3.43. The molecule has 1 aliphatic rings. The van der Waals surface area contributed by atoms with Gasteiger partial charge >= 0.3 is 5.97 Å². The molecule has 154 valence electrons. The fourth-order valence-electron chi connectivity index (χ4n) is 3.15. The molecule has 3 heterocycles. The Kier molecular flexibility index (Phi) is 8.27. The summed E-state index contributed by atoms with van der Waals surface area (Å²) in [5, 5.41) is 3.75. The van der Waals surface area contributed by atoms with E-state index < -0.39 is 0 Å². The van der Waals surface area contributed by atoms with Crippen LogP contribution in [0.1, 0.15) is 37.5 Å². The van der Waals surface area contributed by atoms with E-state index in [0.29, 0.717) is 26.2 Å². The first-order chi connectivity index (χ1) is 13.7. The number of thiophene rings is 1. The molecule has 9 heteroatoms. The zero-order valence-corrected chi connectivity index (χ0v) is 17.8. The molecule has 7 nitrogen and oxygen atoms in total. The first-order valence-corrected chi connectivity index (χ1v) is 11.0. The first kappa shape index (κ1) is 21.2. The fraction of sp³-hybridized carbons (Fsp3) is 0.632. The second-order valence-electron chi connectivity index (χ2n) is 6.64. The highest BCUT2D eigenvalue weighted by Gasteiger charge is 2.19. The van der Waals surface area contributed by atoms with Crippen molar-refractivity contribution in [3.63, 3.8) is 0 Å². The number of anilines is 1. The lowest BCUT2D eigenvalue weighted by Crippen LogP contribution is -2.36. The van der Waals surface area contributed by atoms with Crippen molar-refractivity contribution in [1.82, 2.24) is 15.3 Å². The van der Waals surface area contributed by atoms with Gasteiger partial charge in [0.05, 0.1) is 30.0 Å². The molecule has 1 saturated heterocycles. The third-order valence-corrected chi connectivity index (χ3v) is 5.82. The van der Waals surface area contributed by atoms with Gasteiger partial charge < -0.3 is 19.7 Å². The van der Waals surface area contributed by atoms with Crippen LogP contribution in [-0.4, -0.2) is 55.4 Å². The monoisotopic (exact) mass is 426 g/mol. The lowest BCUT2D eigenvalue weighted by Gasteiger charge is -2.28. The van der Waals surface area contributed by atoms with Gasteiger partial charge in [0, 0.05) is 30.9 Å². The van der Waals surface area contributed by atoms with Crippen LogP contribution in [0.15, 0.2) is 6.07 Å². The minimum atomic E-state index is -0.100. The number of fused-ring (bicyclic) bond motifs is 1. The summed E-state index contributed by atoms with van der Waals surface area (Å²) >= 11 is 7.86. The van der Waals surface area contributed by atoms with Crippen molar-refractivity contribution in [2.45, 2.75) is 39.2 Å². The maximum Gasteiger partial charge on any atom is 0.305 e. The number of esters is 1. The van der Waals surface area contributed by atoms with Crippen LogP contribution >= 0.6 is 22.9 Å². The molecule has 0 unspecified atom stereocenters. The highest BCUT2D eigenvalue weighted by atomic mass is 35.5. The molecule has 3 rings (SSSR count). The molecule has 28 heavy (non-hydrogen) atoms. The summed E-state index contributed by atoms with van der Waals surface area (Å²) in [5.74, 6) is 0.810. The van der Waals surface area contributed by atoms with Crippen LogP contribution in [0.4, 0.5) is 5.82 Å². The molecule has 0 amide bonds. The van der Waals surface area contributed by atoms with E-state index in [1.54, 1.807) is 11.3 Å². The summed E-state index contributed by atoms with van der Waals surface area (Å²) in [7, 11) is 0. The molecule has 0 aliphatic carbocycles. The minimum absolute atomic E-state index is 0.100. The number of morpholine rings is 1. The first-order valence-electron chi connectivity index (χ1n) is 9.82. The van der Waals surface area contributed by atoms with Crippen molar-refractivity contribution < 1.29 is 14.3 Å². The van der Waals surface area contributed by atoms with Gasteiger partial charge in [0.15, 0.2) is 5.82 Å². The molecular formula is C19H27ClN4O3S. The average Bonchev–Trinajstić information content (AvgIpc) is 3.10. The van der Waals surface area contributed by atoms with E-state index in [0.717, 1.165) is 61.5 Å². The lowest BCUT2D eigenvalue weighted by molar-refractivity contribution is -0.143. The van der Waals surface area contributed by atoms with Crippen LogP contribution in [0.5, 0.6) is 0 Å². The minimum Gasteiger partial charge on any atom is -0.466 e. The van der Waals surface area contributed by atoms with E-state index in [4.69, 9.17) is 21.1 Å². The summed E-state index contributed by atoms with van der Waals surface area (Å²) in [4.78, 5) is 23.6. The Morgan fingerprint density at radius 3 is 2.93 bits per heavy atom. The number of carbonyl (C=O) groups is 1. The van der Waals surface area contributed by atoms with E-state index in [1.165, 1.54) is 4.88 Å². The Balaban J connectivity index is 1.48. The molecule has 2 aromatic heterocycles. The largest absolute Gasteiger partial charge is 0.466 e. The van der Waals surface area contributed by atoms with Crippen LogP contribution < -0.4 is 10.2 Å². The number of unbranched alkanes of at least 4 members (excludes halogenated alkanes) is 2. The highest BCUT2D eigenvalue weighted by Crippen LogP contribution is 2.33. The van der Waals surface area contributed by atoms with Gasteiger partial charge in [-0.3, -0.25) is 4.79 Å². The van der Waals surface area contributed by atoms with Crippen molar-refractivity contribution >= 4 is 44.9 Å². The maximum atomic E-state index is 11.3. The second-order valence-corrected chi connectivity index (χ2v) is 8.11. The standard InChI is InChI=1S/C19H27ClN4O3S/c1-2-27-16(25)6-4-3-5-7-21-13-14-12-15-17(28-14)18(23-19(20)22-15)24-8-10-26-11-9-24/h12,21H,2-11,13H2,1H3. The Labute approximate surface area is 174 Å². The molecule has 0 spiro atoms. The molecule has 1 N–H and O–H groups in total. The summed E-state index contributed by atoms with van der Waals surface area (Å²) < 4.78 is 11.5. The molecule has 0 atom stereocenters. The van der Waals surface area contributed by atoms with Crippen molar-refractivity contribution in [1.29, 1.82) is 0 Å². The Morgan fingerprint density at radius 2 is 2.14 bits per heavy atom. The van der Waals surface area contributed by atoms with Crippen LogP contribution in [0.3, 0.4) is 0 Å². The lowest BCUT2D eigenvalue weighted by atomic mass is 10.2. The maximum absolute atomic E-state index is 11.3. The van der Waals surface area contributed by atoms with Crippen LogP contribution in [0, 0.1) is 0 Å². The van der Waals surface area contributed by atoms with Gasteiger partial charge in [-0.2, -0.15) is 4.98 Å². The fourth-order valence-corrected chi connectivity index (χ4v) is 4.41. The molecule has 2 aromatic rings. The van der Waals surface area contributed by atoms with E-state index >= 15 is 0 Å². The number of rotatable bonds is 10. The zero-order valence-electron chi connectivity index (χ0n) is 16.2. The summed E-state index contributed by atoms with van der Waals surface area (Å²) in [5.41, 5.74) is 0.901. The van der Waals surface area contributed by atoms with Gasteiger partial charge in [-0.15, -0.1) is 11.3 Å². The van der Waals surface area contributed by atoms with Crippen molar-refractivity contribution in [2.24, 2.45) is 0 Å². The van der Waals surface area contributed by atoms with Gasteiger partial charge in [-0.05, 0) is 44.0 Å². The molecule has 0 bridgehead atoms. The quantitative estimate of drug-likeness (QED) is 0.354. The topological polar surface area (TPSA) is 76.6 Å². The predicted molar refractivity (Wildman–Crippen MR) is 112 cm³/mol. The summed E-state index contributed by atoms with van der Waals surface area (Å²) in [6.45, 7) is 7.05. The Morgan fingerprint density at radius 1 is 1.32 bits per heavy atom. The van der Waals surface area contributed by atoms with Crippen molar-refractivity contribution in [3.05, 3.63) is 16.2 Å². The molecular weight excluding hydrogens is 400 g/mol. The number of halogens is 1. The normalized spacial score (nSPS) is 14.6. The van der Waals surface area contributed by atoms with Gasteiger partial charge in [-0.25, -0.2) is 4.98 Å². The van der Waals surface area contributed by atoms with E-state index in [-0.39, 0.29) is 11.3 Å². The molecule has 0 radical (unpaired) electrons. The number of aromatic nitrogens is 2. The van der Waals surface area contributed by atoms with E-state index in [9.17, 15) is 4.79 Å². The van der Waals surface area contributed by atoms with E-state index in [1.807, 2.05) is 6.92 Å². The second kappa shape index (κ2) is 10.9. The van der Waals surface area contributed by atoms with Gasteiger partial charge in [0.25, 0.3) is 0 Å². The Hall–Kier alpha value is -1.48.